The molecule has 40 heavy (non-hydrogen) atoms. The summed E-state index contributed by atoms with van der Waals surface area (Å²) in [6, 6.07) is 1.75. The molecule has 4 heterocycles. The summed E-state index contributed by atoms with van der Waals surface area (Å²) in [5.74, 6) is -0.0716. The third-order valence-corrected chi connectivity index (χ3v) is 8.01. The van der Waals surface area contributed by atoms with E-state index in [1.807, 2.05) is 10.8 Å². The Morgan fingerprint density at radius 1 is 1.23 bits per heavy atom. The van der Waals surface area contributed by atoms with Gasteiger partial charge in [0.15, 0.2) is 5.78 Å². The quantitative estimate of drug-likeness (QED) is 0.158. The molecule has 0 saturated carbocycles. The van der Waals surface area contributed by atoms with E-state index < -0.39 is 38.3 Å². The molecule has 0 aliphatic carbocycles. The number of ketones is 1. The van der Waals surface area contributed by atoms with Gasteiger partial charge in [-0.3, -0.25) is 19.6 Å². The maximum atomic E-state index is 13.9. The molecule has 4 rings (SSSR count). The molecule has 1 amide bonds. The van der Waals surface area contributed by atoms with Gasteiger partial charge in [0, 0.05) is 49.0 Å². The normalized spacial score (nSPS) is 16.5. The number of aryl methyl sites for hydroxylation is 1. The molecule has 0 aromatic carbocycles. The molecule has 0 spiro atoms. The number of likely N-dealkylation sites (tertiary alicyclic amines) is 1. The van der Waals surface area contributed by atoms with Gasteiger partial charge in [-0.1, -0.05) is 0 Å². The van der Waals surface area contributed by atoms with Crippen molar-refractivity contribution in [3.8, 4) is 11.3 Å². The van der Waals surface area contributed by atoms with E-state index in [9.17, 15) is 19.7 Å². The molecule has 1 unspecified atom stereocenters. The lowest BCUT2D eigenvalue weighted by molar-refractivity contribution is -0.385. The largest absolute Gasteiger partial charge is 0.444 e. The predicted octanol–water partition coefficient (Wildman–Crippen LogP) is 4.45. The minimum atomic E-state index is -0.750. The van der Waals surface area contributed by atoms with Crippen LogP contribution in [-0.4, -0.2) is 90.8 Å². The van der Waals surface area contributed by atoms with Crippen molar-refractivity contribution in [2.24, 2.45) is 13.0 Å². The zero-order valence-corrected chi connectivity index (χ0v) is 25.0. The number of fused-ring (bicyclic) bond motifs is 1. The zero-order chi connectivity index (χ0) is 29.4. The number of amides is 1. The first kappa shape index (κ1) is 29.5. The number of ether oxygens (including phenoxy) is 2. The molecular formula is C27H38N6O6S. The van der Waals surface area contributed by atoms with Crippen LogP contribution in [0.4, 0.5) is 10.5 Å². The van der Waals surface area contributed by atoms with Crippen molar-refractivity contribution in [3.05, 3.63) is 40.3 Å². The zero-order valence-electron chi connectivity index (χ0n) is 24.2. The molecule has 13 heteroatoms. The smallest absolute Gasteiger partial charge is 0.410 e. The molecule has 218 valence electrons. The minimum absolute atomic E-state index is 0.00550. The number of Topliss-reactive ketones (excluding diaryl/α,β-unsaturated/α-hetero) is 1. The standard InChI is InChI=1S/C27H38N6O6S/c1-27(2,3)39-26(35)31-9-8-18(16-31)24(34)23-20-12-21(19-13-29-30(4)15-19)32(17-38-10-11-40(5,6)7)25(20)28-14-22(23)33(36)37/h12-15,18H,8-11,16-17H2,1-7H3. The Kier molecular flexibility index (Phi) is 8.27. The second kappa shape index (κ2) is 11.2. The summed E-state index contributed by atoms with van der Waals surface area (Å²) in [5, 5.41) is 16.7. The fourth-order valence-corrected chi connectivity index (χ4v) is 5.26. The summed E-state index contributed by atoms with van der Waals surface area (Å²) < 4.78 is 15.0. The van der Waals surface area contributed by atoms with Crippen molar-refractivity contribution in [1.29, 1.82) is 0 Å². The number of carbonyl (C=O) groups excluding carboxylic acids is 2. The molecule has 3 aromatic heterocycles. The molecule has 0 bridgehead atoms. The topological polar surface area (TPSA) is 135 Å². The van der Waals surface area contributed by atoms with E-state index in [0.29, 0.717) is 36.3 Å². The number of hydrogen-bond acceptors (Lipinski definition) is 8. The van der Waals surface area contributed by atoms with Gasteiger partial charge in [0.05, 0.1) is 23.4 Å². The highest BCUT2D eigenvalue weighted by molar-refractivity contribution is 8.32. The van der Waals surface area contributed by atoms with Crippen LogP contribution >= 0.6 is 10.0 Å². The van der Waals surface area contributed by atoms with Crippen LogP contribution in [0.25, 0.3) is 22.3 Å². The second-order valence-corrected chi connectivity index (χ2v) is 16.6. The molecule has 1 saturated heterocycles. The van der Waals surface area contributed by atoms with Crippen LogP contribution in [0.2, 0.25) is 0 Å². The Bertz CT molecular complexity index is 1430. The number of rotatable bonds is 9. The number of carbonyl (C=O) groups is 2. The summed E-state index contributed by atoms with van der Waals surface area (Å²) >= 11 is 0. The first-order valence-corrected chi connectivity index (χ1v) is 16.1. The summed E-state index contributed by atoms with van der Waals surface area (Å²) in [4.78, 5) is 43.9. The van der Waals surface area contributed by atoms with Crippen LogP contribution in [-0.2, 0) is 23.3 Å². The Hall–Kier alpha value is -3.45. The van der Waals surface area contributed by atoms with Crippen molar-refractivity contribution < 1.29 is 24.0 Å². The highest BCUT2D eigenvalue weighted by atomic mass is 32.3. The Morgan fingerprint density at radius 3 is 2.55 bits per heavy atom. The Morgan fingerprint density at radius 2 is 1.95 bits per heavy atom. The van der Waals surface area contributed by atoms with Gasteiger partial charge in [-0.15, -0.1) is 0 Å². The van der Waals surface area contributed by atoms with Crippen molar-refractivity contribution in [1.82, 2.24) is 24.2 Å². The summed E-state index contributed by atoms with van der Waals surface area (Å²) in [5.41, 5.74) is 0.836. The first-order valence-electron chi connectivity index (χ1n) is 13.1. The second-order valence-electron chi connectivity index (χ2n) is 12.0. The van der Waals surface area contributed by atoms with Gasteiger partial charge < -0.3 is 18.9 Å². The van der Waals surface area contributed by atoms with Crippen molar-refractivity contribution in [2.45, 2.75) is 39.5 Å². The van der Waals surface area contributed by atoms with Gasteiger partial charge in [-0.25, -0.2) is 19.8 Å². The fraction of sp³-hybridized carbons (Fsp3) is 0.556. The summed E-state index contributed by atoms with van der Waals surface area (Å²) in [6.45, 7) is 6.50. The molecule has 1 atom stereocenters. The van der Waals surface area contributed by atoms with E-state index in [-0.39, 0.29) is 24.5 Å². The van der Waals surface area contributed by atoms with Crippen molar-refractivity contribution >= 4 is 38.6 Å². The fourth-order valence-electron chi connectivity index (χ4n) is 4.64. The van der Waals surface area contributed by atoms with E-state index in [2.05, 4.69) is 28.8 Å². The Labute approximate surface area is 235 Å². The van der Waals surface area contributed by atoms with Crippen LogP contribution < -0.4 is 0 Å². The van der Waals surface area contributed by atoms with E-state index in [1.54, 1.807) is 44.8 Å². The lowest BCUT2D eigenvalue weighted by Gasteiger charge is -2.24. The average Bonchev–Trinajstić information content (AvgIpc) is 3.57. The molecule has 1 aliphatic heterocycles. The monoisotopic (exact) mass is 574 g/mol. The lowest BCUT2D eigenvalue weighted by atomic mass is 9.94. The maximum absolute atomic E-state index is 13.9. The number of pyridine rings is 1. The Balaban J connectivity index is 1.73. The average molecular weight is 575 g/mol. The van der Waals surface area contributed by atoms with E-state index in [4.69, 9.17) is 9.47 Å². The molecule has 0 N–H and O–H groups in total. The molecule has 3 aromatic rings. The van der Waals surface area contributed by atoms with Crippen LogP contribution in [0.1, 0.15) is 37.6 Å². The van der Waals surface area contributed by atoms with Gasteiger partial charge in [-0.05, 0) is 52.0 Å². The molecule has 1 aliphatic rings. The van der Waals surface area contributed by atoms with Crippen LogP contribution in [0.15, 0.2) is 24.7 Å². The first-order chi connectivity index (χ1) is 18.6. The van der Waals surface area contributed by atoms with E-state index >= 15 is 0 Å². The number of nitro groups is 1. The van der Waals surface area contributed by atoms with E-state index in [1.165, 1.54) is 4.90 Å². The third kappa shape index (κ3) is 6.64. The van der Waals surface area contributed by atoms with Crippen LogP contribution in [0.5, 0.6) is 0 Å². The molecular weight excluding hydrogens is 536 g/mol. The van der Waals surface area contributed by atoms with Crippen LogP contribution in [0.3, 0.4) is 0 Å². The summed E-state index contributed by atoms with van der Waals surface area (Å²) in [6.07, 6.45) is 11.2. The summed E-state index contributed by atoms with van der Waals surface area (Å²) in [7, 11) is 1.05. The molecule has 0 radical (unpaired) electrons. The predicted molar refractivity (Wildman–Crippen MR) is 155 cm³/mol. The number of hydrogen-bond donors (Lipinski definition) is 0. The van der Waals surface area contributed by atoms with E-state index in [0.717, 1.165) is 17.5 Å². The van der Waals surface area contributed by atoms with Crippen molar-refractivity contribution in [3.63, 3.8) is 0 Å². The minimum Gasteiger partial charge on any atom is -0.444 e. The number of aromatic nitrogens is 4. The molecule has 1 fully saturated rings. The highest BCUT2D eigenvalue weighted by Gasteiger charge is 2.38. The number of nitrogens with zero attached hydrogens (tertiary/aromatic N) is 6. The van der Waals surface area contributed by atoms with Gasteiger partial charge in [-0.2, -0.15) is 5.10 Å². The van der Waals surface area contributed by atoms with Crippen LogP contribution in [0, 0.1) is 16.0 Å². The highest BCUT2D eigenvalue weighted by Crippen LogP contribution is 2.37. The maximum Gasteiger partial charge on any atom is 0.410 e. The van der Waals surface area contributed by atoms with Gasteiger partial charge >= 0.3 is 6.09 Å². The van der Waals surface area contributed by atoms with Gasteiger partial charge in [0.1, 0.15) is 29.7 Å². The van der Waals surface area contributed by atoms with Gasteiger partial charge in [0.25, 0.3) is 5.69 Å². The molecule has 12 nitrogen and oxygen atoms in total. The van der Waals surface area contributed by atoms with Gasteiger partial charge in [0.2, 0.25) is 0 Å². The lowest BCUT2D eigenvalue weighted by Crippen LogP contribution is -2.35. The SMILES string of the molecule is Cn1cc(-c2cc3c(C(=O)C4CCN(C(=O)OC(C)(C)C)C4)c([N+](=O)[O-])cnc3n2COCCS(C)(C)C)cn1. The van der Waals surface area contributed by atoms with Crippen molar-refractivity contribution in [2.75, 3.05) is 44.2 Å². The third-order valence-electron chi connectivity index (χ3n) is 6.62.